The lowest BCUT2D eigenvalue weighted by molar-refractivity contribution is 0.219. The van der Waals surface area contributed by atoms with Gasteiger partial charge in [-0.3, -0.25) is 0 Å². The van der Waals surface area contributed by atoms with Crippen molar-refractivity contribution in [3.63, 3.8) is 0 Å². The Balaban J connectivity index is 1.80. The highest BCUT2D eigenvalue weighted by atomic mass is 79.9. The molecule has 152 valence electrons. The zero-order valence-corrected chi connectivity index (χ0v) is 18.4. The van der Waals surface area contributed by atoms with Crippen LogP contribution in [0.4, 0.5) is 4.39 Å². The van der Waals surface area contributed by atoms with Crippen LogP contribution in [0.3, 0.4) is 0 Å². The highest BCUT2D eigenvalue weighted by molar-refractivity contribution is 9.10. The summed E-state index contributed by atoms with van der Waals surface area (Å²) in [5.41, 5.74) is 2.64. The van der Waals surface area contributed by atoms with Crippen molar-refractivity contribution in [1.82, 2.24) is 0 Å². The smallest absolute Gasteiger partial charge is 0.126 e. The van der Waals surface area contributed by atoms with Crippen LogP contribution < -0.4 is 9.47 Å². The van der Waals surface area contributed by atoms with Crippen LogP contribution in [0.15, 0.2) is 59.1 Å². The molecule has 3 aromatic carbocycles. The molecule has 3 rings (SSSR count). The Hall–Kier alpha value is -2.08. The van der Waals surface area contributed by atoms with Crippen molar-refractivity contribution in [2.45, 2.75) is 18.9 Å². The van der Waals surface area contributed by atoms with Gasteiger partial charge < -0.3 is 14.6 Å². The second-order valence-electron chi connectivity index (χ2n) is 6.60. The van der Waals surface area contributed by atoms with Crippen LogP contribution in [0.1, 0.15) is 28.4 Å². The molecule has 0 spiro atoms. The van der Waals surface area contributed by atoms with Crippen molar-refractivity contribution >= 4 is 27.5 Å². The van der Waals surface area contributed by atoms with Crippen molar-refractivity contribution in [3.8, 4) is 11.5 Å². The van der Waals surface area contributed by atoms with Gasteiger partial charge in [0.2, 0.25) is 0 Å². The van der Waals surface area contributed by atoms with Crippen LogP contribution in [0.2, 0.25) is 5.02 Å². The molecule has 0 fully saturated rings. The van der Waals surface area contributed by atoms with Gasteiger partial charge in [-0.05, 0) is 59.9 Å². The van der Waals surface area contributed by atoms with E-state index in [1.165, 1.54) is 6.07 Å². The summed E-state index contributed by atoms with van der Waals surface area (Å²) in [4.78, 5) is 0. The molecule has 29 heavy (non-hydrogen) atoms. The number of aliphatic hydroxyl groups excluding tert-OH is 1. The van der Waals surface area contributed by atoms with E-state index in [4.69, 9.17) is 21.1 Å². The van der Waals surface area contributed by atoms with Gasteiger partial charge in [0.1, 0.15) is 23.4 Å². The maximum atomic E-state index is 14.8. The van der Waals surface area contributed by atoms with Crippen molar-refractivity contribution in [2.75, 3.05) is 14.2 Å². The highest BCUT2D eigenvalue weighted by Crippen LogP contribution is 2.32. The molecule has 1 N–H and O–H groups in total. The minimum absolute atomic E-state index is 0.358. The number of methoxy groups -OCH3 is 2. The monoisotopic (exact) mass is 478 g/mol. The lowest BCUT2D eigenvalue weighted by Gasteiger charge is -2.16. The Morgan fingerprint density at radius 3 is 2.31 bits per heavy atom. The molecule has 0 bridgehead atoms. The number of aryl methyl sites for hydroxylation is 2. The summed E-state index contributed by atoms with van der Waals surface area (Å²) in [6.45, 7) is 0. The topological polar surface area (TPSA) is 38.7 Å². The first-order valence-electron chi connectivity index (χ1n) is 9.05. The van der Waals surface area contributed by atoms with E-state index in [0.29, 0.717) is 50.5 Å². The molecular formula is C23H21BrClFO3. The van der Waals surface area contributed by atoms with E-state index in [0.717, 1.165) is 5.56 Å². The third-order valence-electron chi connectivity index (χ3n) is 4.80. The zero-order valence-electron chi connectivity index (χ0n) is 16.1. The highest BCUT2D eigenvalue weighted by Gasteiger charge is 2.17. The number of rotatable bonds is 7. The van der Waals surface area contributed by atoms with Crippen molar-refractivity contribution < 1.29 is 19.0 Å². The van der Waals surface area contributed by atoms with Gasteiger partial charge >= 0.3 is 0 Å². The molecule has 0 radical (unpaired) electrons. The molecule has 1 unspecified atom stereocenters. The molecule has 3 aromatic rings. The fraction of sp³-hybridized carbons (Fsp3) is 0.217. The van der Waals surface area contributed by atoms with Crippen molar-refractivity contribution in [2.24, 2.45) is 0 Å². The quantitative estimate of drug-likeness (QED) is 0.443. The van der Waals surface area contributed by atoms with Crippen LogP contribution in [0, 0.1) is 5.82 Å². The number of hydrogen-bond donors (Lipinski definition) is 1. The first kappa shape index (κ1) is 21.6. The Labute approximate surface area is 183 Å². The molecule has 0 saturated heterocycles. The largest absolute Gasteiger partial charge is 0.497 e. The molecule has 0 saturated carbocycles. The fourth-order valence-electron chi connectivity index (χ4n) is 3.16. The summed E-state index contributed by atoms with van der Waals surface area (Å²) in [6, 6.07) is 15.5. The van der Waals surface area contributed by atoms with E-state index in [1.807, 2.05) is 18.2 Å². The van der Waals surface area contributed by atoms with Gasteiger partial charge in [-0.2, -0.15) is 0 Å². The first-order valence-corrected chi connectivity index (χ1v) is 10.2. The zero-order chi connectivity index (χ0) is 21.0. The van der Waals surface area contributed by atoms with Gasteiger partial charge in [-0.25, -0.2) is 4.39 Å². The Bertz CT molecular complexity index is 992. The summed E-state index contributed by atoms with van der Waals surface area (Å²) in [5.74, 6) is 1.06. The third kappa shape index (κ3) is 5.10. The molecule has 3 nitrogen and oxygen atoms in total. The molecule has 1 atom stereocenters. The van der Waals surface area contributed by atoms with E-state index in [-0.39, 0.29) is 5.82 Å². The predicted octanol–water partition coefficient (Wildman–Crippen LogP) is 6.13. The number of halogens is 3. The van der Waals surface area contributed by atoms with E-state index < -0.39 is 6.10 Å². The maximum Gasteiger partial charge on any atom is 0.126 e. The summed E-state index contributed by atoms with van der Waals surface area (Å²) >= 11 is 9.37. The van der Waals surface area contributed by atoms with E-state index in [9.17, 15) is 9.50 Å². The van der Waals surface area contributed by atoms with Crippen molar-refractivity contribution in [3.05, 3.63) is 92.2 Å². The summed E-state index contributed by atoms with van der Waals surface area (Å²) in [7, 11) is 3.20. The molecule has 0 heterocycles. The Morgan fingerprint density at radius 1 is 0.966 bits per heavy atom. The van der Waals surface area contributed by atoms with Gasteiger partial charge in [0.15, 0.2) is 0 Å². The maximum absolute atomic E-state index is 14.8. The second kappa shape index (κ2) is 9.61. The fourth-order valence-corrected chi connectivity index (χ4v) is 3.89. The van der Waals surface area contributed by atoms with Crippen LogP contribution in [0.25, 0.3) is 0 Å². The van der Waals surface area contributed by atoms with E-state index in [1.54, 1.807) is 44.6 Å². The lowest BCUT2D eigenvalue weighted by atomic mass is 9.97. The van der Waals surface area contributed by atoms with Crippen LogP contribution in [-0.2, 0) is 12.8 Å². The molecular weight excluding hydrogens is 459 g/mol. The molecule has 6 heteroatoms. The Kier molecular flexibility index (Phi) is 7.17. The first-order chi connectivity index (χ1) is 13.9. The van der Waals surface area contributed by atoms with Crippen LogP contribution in [-0.4, -0.2) is 19.3 Å². The summed E-state index contributed by atoms with van der Waals surface area (Å²) < 4.78 is 26.0. The van der Waals surface area contributed by atoms with E-state index >= 15 is 0 Å². The minimum atomic E-state index is -0.952. The minimum Gasteiger partial charge on any atom is -0.497 e. The molecule has 0 aromatic heterocycles. The Morgan fingerprint density at radius 2 is 1.66 bits per heavy atom. The average molecular weight is 480 g/mol. The summed E-state index contributed by atoms with van der Waals surface area (Å²) in [6.07, 6.45) is 0.145. The standard InChI is InChI=1S/C23H21BrClFO3/c1-28-18-10-7-14(22(12-18)29-2)3-4-16-11-20(24)19(13-21(16)26)23(27)15-5-8-17(25)9-6-15/h5-13,23,27H,3-4H2,1-2H3. The van der Waals surface area contributed by atoms with E-state index in [2.05, 4.69) is 15.9 Å². The van der Waals surface area contributed by atoms with Gasteiger partial charge in [0.25, 0.3) is 0 Å². The lowest BCUT2D eigenvalue weighted by Crippen LogP contribution is -2.04. The van der Waals surface area contributed by atoms with Gasteiger partial charge in [-0.15, -0.1) is 0 Å². The predicted molar refractivity (Wildman–Crippen MR) is 117 cm³/mol. The average Bonchev–Trinajstić information content (AvgIpc) is 2.74. The number of benzene rings is 3. The normalized spacial score (nSPS) is 11.9. The summed E-state index contributed by atoms with van der Waals surface area (Å²) in [5, 5.41) is 11.2. The van der Waals surface area contributed by atoms with Crippen LogP contribution in [0.5, 0.6) is 11.5 Å². The third-order valence-corrected chi connectivity index (χ3v) is 5.74. The second-order valence-corrected chi connectivity index (χ2v) is 7.89. The molecule has 0 aliphatic carbocycles. The molecule has 0 aliphatic rings. The molecule has 0 amide bonds. The van der Waals surface area contributed by atoms with Crippen molar-refractivity contribution in [1.29, 1.82) is 0 Å². The van der Waals surface area contributed by atoms with Gasteiger partial charge in [0.05, 0.1) is 14.2 Å². The number of ether oxygens (including phenoxy) is 2. The van der Waals surface area contributed by atoms with Gasteiger partial charge in [-0.1, -0.05) is 45.7 Å². The van der Waals surface area contributed by atoms with Crippen LogP contribution >= 0.6 is 27.5 Å². The SMILES string of the molecule is COc1ccc(CCc2cc(Br)c(C(O)c3ccc(Cl)cc3)cc2F)c(OC)c1. The number of hydrogen-bond acceptors (Lipinski definition) is 3. The van der Waals surface area contributed by atoms with Gasteiger partial charge in [0, 0.05) is 21.1 Å². The number of aliphatic hydroxyl groups is 1. The molecule has 0 aliphatic heterocycles.